The standard InChI is InChI=1S/C14H21N3O/c1-14(2,12-5-3-4-6-16-12)9-17-13(18)10-7-11(15)8-10/h3-6,10-11H,7-9,15H2,1-2H3,(H,17,18). The summed E-state index contributed by atoms with van der Waals surface area (Å²) in [5.74, 6) is 0.236. The highest BCUT2D eigenvalue weighted by Crippen LogP contribution is 2.26. The Morgan fingerprint density at radius 3 is 2.78 bits per heavy atom. The lowest BCUT2D eigenvalue weighted by molar-refractivity contribution is -0.128. The van der Waals surface area contributed by atoms with E-state index >= 15 is 0 Å². The fourth-order valence-electron chi connectivity index (χ4n) is 2.18. The van der Waals surface area contributed by atoms with Gasteiger partial charge in [0.1, 0.15) is 0 Å². The Bertz CT molecular complexity index is 410. The molecule has 0 radical (unpaired) electrons. The fourth-order valence-corrected chi connectivity index (χ4v) is 2.18. The second-order valence-corrected chi connectivity index (χ2v) is 5.75. The molecule has 0 bridgehead atoms. The molecule has 1 fully saturated rings. The molecule has 1 aromatic rings. The van der Waals surface area contributed by atoms with Gasteiger partial charge in [-0.3, -0.25) is 9.78 Å². The van der Waals surface area contributed by atoms with Crippen molar-refractivity contribution in [1.29, 1.82) is 0 Å². The number of hydrogen-bond donors (Lipinski definition) is 2. The average molecular weight is 247 g/mol. The molecule has 1 heterocycles. The van der Waals surface area contributed by atoms with E-state index in [4.69, 9.17) is 5.73 Å². The summed E-state index contributed by atoms with van der Waals surface area (Å²) in [5, 5.41) is 3.01. The van der Waals surface area contributed by atoms with Crippen molar-refractivity contribution in [2.24, 2.45) is 11.7 Å². The summed E-state index contributed by atoms with van der Waals surface area (Å²) in [6.45, 7) is 4.78. The highest BCUT2D eigenvalue weighted by Gasteiger charge is 2.33. The van der Waals surface area contributed by atoms with Crippen LogP contribution in [0, 0.1) is 5.92 Å². The van der Waals surface area contributed by atoms with Crippen LogP contribution in [-0.2, 0) is 10.2 Å². The Balaban J connectivity index is 1.87. The third-order valence-corrected chi connectivity index (χ3v) is 3.61. The van der Waals surface area contributed by atoms with Crippen LogP contribution in [0.25, 0.3) is 0 Å². The molecule has 4 nitrogen and oxygen atoms in total. The molecular formula is C14H21N3O. The van der Waals surface area contributed by atoms with Gasteiger partial charge in [-0.2, -0.15) is 0 Å². The molecule has 0 atom stereocenters. The zero-order valence-electron chi connectivity index (χ0n) is 11.0. The smallest absolute Gasteiger partial charge is 0.223 e. The summed E-state index contributed by atoms with van der Waals surface area (Å²) in [6.07, 6.45) is 3.41. The molecule has 1 aliphatic rings. The lowest BCUT2D eigenvalue weighted by Crippen LogP contribution is -2.47. The minimum absolute atomic E-state index is 0.111. The lowest BCUT2D eigenvalue weighted by atomic mass is 9.80. The molecule has 1 aromatic heterocycles. The molecule has 4 heteroatoms. The first-order chi connectivity index (χ1) is 8.49. The van der Waals surface area contributed by atoms with Gasteiger partial charge < -0.3 is 11.1 Å². The molecule has 98 valence electrons. The maximum Gasteiger partial charge on any atom is 0.223 e. The molecule has 0 aromatic carbocycles. The second kappa shape index (κ2) is 5.06. The van der Waals surface area contributed by atoms with Gasteiger partial charge in [-0.1, -0.05) is 19.9 Å². The highest BCUT2D eigenvalue weighted by atomic mass is 16.1. The molecule has 0 saturated heterocycles. The zero-order chi connectivity index (χ0) is 13.2. The normalized spacial score (nSPS) is 23.3. The second-order valence-electron chi connectivity index (χ2n) is 5.75. The van der Waals surface area contributed by atoms with Crippen LogP contribution < -0.4 is 11.1 Å². The number of pyridine rings is 1. The Labute approximate surface area is 108 Å². The number of nitrogens with zero attached hydrogens (tertiary/aromatic N) is 1. The van der Waals surface area contributed by atoms with E-state index in [0.717, 1.165) is 18.5 Å². The molecule has 0 aliphatic heterocycles. The largest absolute Gasteiger partial charge is 0.355 e. The summed E-state index contributed by atoms with van der Waals surface area (Å²) < 4.78 is 0. The quantitative estimate of drug-likeness (QED) is 0.840. The molecule has 1 aliphatic carbocycles. The number of carbonyl (C=O) groups excluding carboxylic acids is 1. The van der Waals surface area contributed by atoms with Crippen molar-refractivity contribution < 1.29 is 4.79 Å². The van der Waals surface area contributed by atoms with Gasteiger partial charge in [-0.05, 0) is 25.0 Å². The van der Waals surface area contributed by atoms with E-state index in [0.29, 0.717) is 6.54 Å². The Morgan fingerprint density at radius 2 is 2.22 bits per heavy atom. The number of aromatic nitrogens is 1. The number of amides is 1. The van der Waals surface area contributed by atoms with Crippen LogP contribution in [0.4, 0.5) is 0 Å². The van der Waals surface area contributed by atoms with E-state index < -0.39 is 0 Å². The van der Waals surface area contributed by atoms with Gasteiger partial charge in [-0.25, -0.2) is 0 Å². The molecule has 1 amide bonds. The van der Waals surface area contributed by atoms with Crippen LogP contribution in [0.5, 0.6) is 0 Å². The van der Waals surface area contributed by atoms with E-state index in [1.165, 1.54) is 0 Å². The van der Waals surface area contributed by atoms with Gasteiger partial charge in [0.15, 0.2) is 0 Å². The first-order valence-electron chi connectivity index (χ1n) is 6.44. The number of rotatable bonds is 4. The lowest BCUT2D eigenvalue weighted by Gasteiger charge is -2.32. The first-order valence-corrected chi connectivity index (χ1v) is 6.44. The van der Waals surface area contributed by atoms with Gasteiger partial charge in [0.05, 0.1) is 0 Å². The topological polar surface area (TPSA) is 68.0 Å². The van der Waals surface area contributed by atoms with E-state index in [9.17, 15) is 4.79 Å². The van der Waals surface area contributed by atoms with E-state index in [-0.39, 0.29) is 23.3 Å². The summed E-state index contributed by atoms with van der Waals surface area (Å²) in [6, 6.07) is 6.07. The predicted molar refractivity (Wildman–Crippen MR) is 71.0 cm³/mol. The van der Waals surface area contributed by atoms with Gasteiger partial charge in [0.2, 0.25) is 5.91 Å². The van der Waals surface area contributed by atoms with Crippen LogP contribution in [0.2, 0.25) is 0 Å². The van der Waals surface area contributed by atoms with Gasteiger partial charge in [0.25, 0.3) is 0 Å². The van der Waals surface area contributed by atoms with Crippen molar-refractivity contribution in [2.45, 2.75) is 38.1 Å². The molecular weight excluding hydrogens is 226 g/mol. The van der Waals surface area contributed by atoms with Crippen LogP contribution in [0.15, 0.2) is 24.4 Å². The number of nitrogens with two attached hydrogens (primary N) is 1. The van der Waals surface area contributed by atoms with Crippen LogP contribution >= 0.6 is 0 Å². The summed E-state index contributed by atoms with van der Waals surface area (Å²) in [7, 11) is 0. The minimum atomic E-state index is -0.150. The third kappa shape index (κ3) is 2.88. The number of hydrogen-bond acceptors (Lipinski definition) is 3. The maximum absolute atomic E-state index is 11.9. The van der Waals surface area contributed by atoms with Crippen LogP contribution in [0.3, 0.4) is 0 Å². The van der Waals surface area contributed by atoms with E-state index in [1.807, 2.05) is 18.2 Å². The predicted octanol–water partition coefficient (Wildman–Crippen LogP) is 1.21. The van der Waals surface area contributed by atoms with Gasteiger partial charge in [0, 0.05) is 35.8 Å². The van der Waals surface area contributed by atoms with E-state index in [2.05, 4.69) is 24.1 Å². The highest BCUT2D eigenvalue weighted by molar-refractivity contribution is 5.79. The van der Waals surface area contributed by atoms with Gasteiger partial charge in [-0.15, -0.1) is 0 Å². The third-order valence-electron chi connectivity index (χ3n) is 3.61. The van der Waals surface area contributed by atoms with Crippen molar-refractivity contribution in [3.8, 4) is 0 Å². The van der Waals surface area contributed by atoms with Crippen LogP contribution in [-0.4, -0.2) is 23.5 Å². The average Bonchev–Trinajstić information content (AvgIpc) is 2.33. The van der Waals surface area contributed by atoms with Crippen molar-refractivity contribution in [3.63, 3.8) is 0 Å². The van der Waals surface area contributed by atoms with Crippen molar-refractivity contribution in [2.75, 3.05) is 6.54 Å². The molecule has 1 saturated carbocycles. The van der Waals surface area contributed by atoms with Crippen molar-refractivity contribution in [3.05, 3.63) is 30.1 Å². The number of carbonyl (C=O) groups is 1. The molecule has 3 N–H and O–H groups in total. The van der Waals surface area contributed by atoms with Crippen molar-refractivity contribution in [1.82, 2.24) is 10.3 Å². The molecule has 0 unspecified atom stereocenters. The minimum Gasteiger partial charge on any atom is -0.355 e. The SMILES string of the molecule is CC(C)(CNC(=O)C1CC(N)C1)c1ccccn1. The summed E-state index contributed by atoms with van der Waals surface area (Å²) in [5.41, 5.74) is 6.54. The Kier molecular flexibility index (Phi) is 3.66. The van der Waals surface area contributed by atoms with E-state index in [1.54, 1.807) is 6.20 Å². The Morgan fingerprint density at radius 1 is 1.50 bits per heavy atom. The van der Waals surface area contributed by atoms with Gasteiger partial charge >= 0.3 is 0 Å². The van der Waals surface area contributed by atoms with Crippen LogP contribution in [0.1, 0.15) is 32.4 Å². The maximum atomic E-state index is 11.9. The Hall–Kier alpha value is -1.42. The molecule has 0 spiro atoms. The molecule has 18 heavy (non-hydrogen) atoms. The summed E-state index contributed by atoms with van der Waals surface area (Å²) >= 11 is 0. The first kappa shape index (κ1) is 13.0. The van der Waals surface area contributed by atoms with Crippen molar-refractivity contribution >= 4 is 5.91 Å². The molecule has 2 rings (SSSR count). The summed E-state index contributed by atoms with van der Waals surface area (Å²) in [4.78, 5) is 16.2. The zero-order valence-corrected chi connectivity index (χ0v) is 11.0. The number of nitrogens with one attached hydrogen (secondary N) is 1. The fraction of sp³-hybridized carbons (Fsp3) is 0.571. The monoisotopic (exact) mass is 247 g/mol.